The zero-order valence-electron chi connectivity index (χ0n) is 11.0. The molecular weight excluding hydrogens is 298 g/mol. The Morgan fingerprint density at radius 2 is 2.19 bits per heavy atom. The molecule has 0 aliphatic heterocycles. The van der Waals surface area contributed by atoms with Gasteiger partial charge in [0.05, 0.1) is 23.3 Å². The number of carbonyl (C=O) groups is 2. The second kappa shape index (κ2) is 6.27. The summed E-state index contributed by atoms with van der Waals surface area (Å²) in [4.78, 5) is 26.4. The number of aromatic nitrogens is 1. The molecule has 0 aliphatic carbocycles. The van der Waals surface area contributed by atoms with Crippen molar-refractivity contribution < 1.29 is 19.1 Å². The molecule has 21 heavy (non-hydrogen) atoms. The molecule has 0 aliphatic rings. The van der Waals surface area contributed by atoms with Gasteiger partial charge in [-0.1, -0.05) is 11.6 Å². The third-order valence-electron chi connectivity index (χ3n) is 2.53. The Hall–Kier alpha value is -2.54. The summed E-state index contributed by atoms with van der Waals surface area (Å²) >= 11 is 5.81. The number of urea groups is 1. The van der Waals surface area contributed by atoms with E-state index in [2.05, 4.69) is 15.6 Å². The normalized spacial score (nSPS) is 10.2. The first-order valence-corrected chi connectivity index (χ1v) is 6.32. The number of rotatable bonds is 4. The highest BCUT2D eigenvalue weighted by molar-refractivity contribution is 6.33. The SMILES string of the molecule is Cc1cnc(CNC(=O)Nc2ccc(C(=O)O)c(Cl)c2)o1. The number of carboxylic acid groups (broad SMARTS) is 1. The minimum absolute atomic E-state index is 0.0297. The molecule has 3 N–H and O–H groups in total. The summed E-state index contributed by atoms with van der Waals surface area (Å²) in [6, 6.07) is 3.65. The van der Waals surface area contributed by atoms with Crippen molar-refractivity contribution in [2.45, 2.75) is 13.5 Å². The number of oxazole rings is 1. The van der Waals surface area contributed by atoms with Gasteiger partial charge in [-0.15, -0.1) is 0 Å². The summed E-state index contributed by atoms with van der Waals surface area (Å²) in [5.41, 5.74) is 0.351. The third-order valence-corrected chi connectivity index (χ3v) is 2.84. The fourth-order valence-corrected chi connectivity index (χ4v) is 1.84. The van der Waals surface area contributed by atoms with E-state index in [4.69, 9.17) is 21.1 Å². The topological polar surface area (TPSA) is 104 Å². The lowest BCUT2D eigenvalue weighted by Crippen LogP contribution is -2.28. The molecule has 110 valence electrons. The quantitative estimate of drug-likeness (QED) is 0.805. The van der Waals surface area contributed by atoms with Crippen LogP contribution in [0.25, 0.3) is 0 Å². The molecule has 0 spiro atoms. The van der Waals surface area contributed by atoms with E-state index < -0.39 is 12.0 Å². The lowest BCUT2D eigenvalue weighted by Gasteiger charge is -2.07. The molecule has 2 amide bonds. The number of amides is 2. The maximum absolute atomic E-state index is 11.7. The molecule has 2 aromatic rings. The van der Waals surface area contributed by atoms with Crippen LogP contribution in [0.2, 0.25) is 5.02 Å². The first-order chi connectivity index (χ1) is 9.95. The van der Waals surface area contributed by atoms with Crippen LogP contribution in [0.5, 0.6) is 0 Å². The number of aryl methyl sites for hydroxylation is 1. The van der Waals surface area contributed by atoms with E-state index in [0.717, 1.165) is 0 Å². The number of carboxylic acids is 1. The zero-order valence-corrected chi connectivity index (χ0v) is 11.8. The average molecular weight is 310 g/mol. The number of hydrogen-bond donors (Lipinski definition) is 3. The molecular formula is C13H12ClN3O4. The first kappa shape index (κ1) is 14.9. The van der Waals surface area contributed by atoms with Gasteiger partial charge in [-0.05, 0) is 25.1 Å². The predicted octanol–water partition coefficient (Wildman–Crippen LogP) is 2.66. The van der Waals surface area contributed by atoms with E-state index in [1.807, 2.05) is 0 Å². The summed E-state index contributed by atoms with van der Waals surface area (Å²) in [6.45, 7) is 1.89. The van der Waals surface area contributed by atoms with Crippen LogP contribution in [0.15, 0.2) is 28.8 Å². The van der Waals surface area contributed by atoms with Gasteiger partial charge in [0.2, 0.25) is 5.89 Å². The number of nitrogens with zero attached hydrogens (tertiary/aromatic N) is 1. The maximum atomic E-state index is 11.7. The molecule has 1 aromatic heterocycles. The average Bonchev–Trinajstić information content (AvgIpc) is 2.82. The first-order valence-electron chi connectivity index (χ1n) is 5.94. The molecule has 0 radical (unpaired) electrons. The van der Waals surface area contributed by atoms with E-state index >= 15 is 0 Å². The van der Waals surface area contributed by atoms with Crippen molar-refractivity contribution in [1.82, 2.24) is 10.3 Å². The molecule has 1 aromatic carbocycles. The molecule has 0 unspecified atom stereocenters. The van der Waals surface area contributed by atoms with Crippen LogP contribution >= 0.6 is 11.6 Å². The number of aromatic carboxylic acids is 1. The van der Waals surface area contributed by atoms with Crippen molar-refractivity contribution in [1.29, 1.82) is 0 Å². The van der Waals surface area contributed by atoms with E-state index in [1.165, 1.54) is 18.2 Å². The molecule has 0 saturated carbocycles. The van der Waals surface area contributed by atoms with Crippen LogP contribution in [0, 0.1) is 6.92 Å². The Kier molecular flexibility index (Phi) is 4.44. The number of anilines is 1. The number of carbonyl (C=O) groups excluding carboxylic acids is 1. The van der Waals surface area contributed by atoms with Gasteiger partial charge in [-0.2, -0.15) is 0 Å². The Morgan fingerprint density at radius 3 is 2.76 bits per heavy atom. The van der Waals surface area contributed by atoms with Crippen LogP contribution in [0.4, 0.5) is 10.5 Å². The van der Waals surface area contributed by atoms with Crippen molar-refractivity contribution >= 4 is 29.3 Å². The largest absolute Gasteiger partial charge is 0.478 e. The van der Waals surface area contributed by atoms with Crippen molar-refractivity contribution in [3.63, 3.8) is 0 Å². The molecule has 2 rings (SSSR count). The smallest absolute Gasteiger partial charge is 0.337 e. The number of nitrogens with one attached hydrogen (secondary N) is 2. The van der Waals surface area contributed by atoms with Gasteiger partial charge in [0.25, 0.3) is 0 Å². The van der Waals surface area contributed by atoms with Gasteiger partial charge in [-0.3, -0.25) is 0 Å². The van der Waals surface area contributed by atoms with Crippen molar-refractivity contribution in [3.05, 3.63) is 46.6 Å². The Balaban J connectivity index is 1.93. The molecule has 0 bridgehead atoms. The second-order valence-corrected chi connectivity index (χ2v) is 4.58. The van der Waals surface area contributed by atoms with Crippen LogP contribution in [0.1, 0.15) is 22.0 Å². The summed E-state index contributed by atoms with van der Waals surface area (Å²) in [5, 5.41) is 14.0. The molecule has 0 fully saturated rings. The maximum Gasteiger partial charge on any atom is 0.337 e. The molecule has 1 heterocycles. The minimum atomic E-state index is -1.13. The van der Waals surface area contributed by atoms with Crippen molar-refractivity contribution in [2.24, 2.45) is 0 Å². The van der Waals surface area contributed by atoms with E-state index in [-0.39, 0.29) is 17.1 Å². The van der Waals surface area contributed by atoms with Crippen LogP contribution in [-0.2, 0) is 6.54 Å². The Labute approximate surface area is 124 Å². The predicted molar refractivity (Wildman–Crippen MR) is 75.5 cm³/mol. The van der Waals surface area contributed by atoms with Crippen LogP contribution in [-0.4, -0.2) is 22.1 Å². The van der Waals surface area contributed by atoms with Gasteiger partial charge in [0.15, 0.2) is 0 Å². The van der Waals surface area contributed by atoms with Gasteiger partial charge < -0.3 is 20.2 Å². The number of halogens is 1. The molecule has 8 heteroatoms. The summed E-state index contributed by atoms with van der Waals surface area (Å²) in [7, 11) is 0. The van der Waals surface area contributed by atoms with E-state index in [0.29, 0.717) is 17.3 Å². The van der Waals surface area contributed by atoms with Gasteiger partial charge in [-0.25, -0.2) is 14.6 Å². The highest BCUT2D eigenvalue weighted by atomic mass is 35.5. The lowest BCUT2D eigenvalue weighted by molar-refractivity contribution is 0.0697. The monoisotopic (exact) mass is 309 g/mol. The van der Waals surface area contributed by atoms with Crippen molar-refractivity contribution in [2.75, 3.05) is 5.32 Å². The summed E-state index contributed by atoms with van der Waals surface area (Å²) in [5.74, 6) is -0.0829. The zero-order chi connectivity index (χ0) is 15.4. The minimum Gasteiger partial charge on any atom is -0.478 e. The van der Waals surface area contributed by atoms with Gasteiger partial charge in [0.1, 0.15) is 5.76 Å². The lowest BCUT2D eigenvalue weighted by atomic mass is 10.2. The van der Waals surface area contributed by atoms with E-state index in [9.17, 15) is 9.59 Å². The van der Waals surface area contributed by atoms with E-state index in [1.54, 1.807) is 13.1 Å². The third kappa shape index (κ3) is 3.96. The second-order valence-electron chi connectivity index (χ2n) is 4.17. The fraction of sp³-hybridized carbons (Fsp3) is 0.154. The van der Waals surface area contributed by atoms with Gasteiger partial charge in [0, 0.05) is 5.69 Å². The van der Waals surface area contributed by atoms with Crippen LogP contribution < -0.4 is 10.6 Å². The molecule has 0 atom stereocenters. The fourth-order valence-electron chi connectivity index (χ4n) is 1.58. The standard InChI is InChI=1S/C13H12ClN3O4/c1-7-5-15-11(21-7)6-16-13(20)17-8-2-3-9(12(18)19)10(14)4-8/h2-5H,6H2,1H3,(H,18,19)(H2,16,17,20). The van der Waals surface area contributed by atoms with Crippen LogP contribution in [0.3, 0.4) is 0 Å². The number of benzene rings is 1. The molecule has 7 nitrogen and oxygen atoms in total. The molecule has 0 saturated heterocycles. The number of hydrogen-bond acceptors (Lipinski definition) is 4. The highest BCUT2D eigenvalue weighted by Crippen LogP contribution is 2.20. The Morgan fingerprint density at radius 1 is 1.43 bits per heavy atom. The summed E-state index contributed by atoms with van der Waals surface area (Å²) in [6.07, 6.45) is 1.55. The highest BCUT2D eigenvalue weighted by Gasteiger charge is 2.10. The summed E-state index contributed by atoms with van der Waals surface area (Å²) < 4.78 is 5.21. The van der Waals surface area contributed by atoms with Gasteiger partial charge >= 0.3 is 12.0 Å². The Bertz CT molecular complexity index is 684. The van der Waals surface area contributed by atoms with Crippen molar-refractivity contribution in [3.8, 4) is 0 Å².